The number of amides is 1. The summed E-state index contributed by atoms with van der Waals surface area (Å²) in [5.41, 5.74) is 1.12. The van der Waals surface area contributed by atoms with E-state index in [1.165, 1.54) is 0 Å². The van der Waals surface area contributed by atoms with Crippen LogP contribution in [-0.4, -0.2) is 26.4 Å². The summed E-state index contributed by atoms with van der Waals surface area (Å²) < 4.78 is 9.67. The van der Waals surface area contributed by atoms with Crippen LogP contribution in [0.15, 0.2) is 9.15 Å². The van der Waals surface area contributed by atoms with Crippen molar-refractivity contribution < 1.29 is 13.9 Å². The lowest BCUT2D eigenvalue weighted by molar-refractivity contribution is -0.121. The van der Waals surface area contributed by atoms with Gasteiger partial charge in [-0.1, -0.05) is 29.3 Å². The highest BCUT2D eigenvalue weighted by molar-refractivity contribution is 5.78. The maximum absolute atomic E-state index is 11.9. The lowest BCUT2D eigenvalue weighted by Crippen LogP contribution is -2.28. The number of aryl methyl sites for hydroxylation is 1. The first-order chi connectivity index (χ1) is 9.47. The van der Waals surface area contributed by atoms with Crippen LogP contribution in [0.2, 0.25) is 0 Å². The van der Waals surface area contributed by atoms with Gasteiger partial charge in [-0.3, -0.25) is 4.79 Å². The Morgan fingerprint density at radius 1 is 1.25 bits per heavy atom. The van der Waals surface area contributed by atoms with E-state index in [2.05, 4.69) is 30.4 Å². The van der Waals surface area contributed by atoms with E-state index in [-0.39, 0.29) is 24.3 Å². The molecule has 0 saturated carbocycles. The van der Waals surface area contributed by atoms with Crippen LogP contribution in [0.1, 0.15) is 55.8 Å². The predicted molar refractivity (Wildman–Crippen MR) is 67.7 cm³/mol. The van der Waals surface area contributed by atoms with Crippen molar-refractivity contribution in [2.45, 2.75) is 46.1 Å². The van der Waals surface area contributed by atoms with Crippen molar-refractivity contribution in [3.05, 3.63) is 23.1 Å². The van der Waals surface area contributed by atoms with Gasteiger partial charge in [0.1, 0.15) is 17.4 Å². The molecule has 0 aliphatic rings. The van der Waals surface area contributed by atoms with Crippen LogP contribution >= 0.6 is 0 Å². The minimum atomic E-state index is -0.359. The summed E-state index contributed by atoms with van der Waals surface area (Å²) in [5, 5.41) is 13.9. The average molecular weight is 279 g/mol. The molecule has 20 heavy (non-hydrogen) atoms. The topological polar surface area (TPSA) is 107 Å². The Labute approximate surface area is 115 Å². The summed E-state index contributed by atoms with van der Waals surface area (Å²) >= 11 is 0. The normalized spacial score (nSPS) is 12.7. The molecule has 0 aliphatic carbocycles. The molecule has 0 fully saturated rings. The fourth-order valence-electron chi connectivity index (χ4n) is 1.57. The standard InChI is InChI=1S/C12H17N5O3/c1-6(2)11-14-12(19-17-11)8(4)13-10(18)5-9-7(3)15-20-16-9/h6,8H,5H2,1-4H3,(H,13,18). The fraction of sp³-hybridized carbons (Fsp3) is 0.583. The molecule has 1 atom stereocenters. The molecule has 0 radical (unpaired) electrons. The molecule has 0 aliphatic heterocycles. The Bertz CT molecular complexity index is 589. The molecule has 8 heteroatoms. The summed E-state index contributed by atoms with van der Waals surface area (Å²) in [7, 11) is 0. The van der Waals surface area contributed by atoms with Gasteiger partial charge < -0.3 is 9.84 Å². The third-order valence-electron chi connectivity index (χ3n) is 2.80. The quantitative estimate of drug-likeness (QED) is 0.878. The molecule has 0 bridgehead atoms. The Balaban J connectivity index is 1.95. The second-order valence-corrected chi connectivity index (χ2v) is 4.91. The minimum Gasteiger partial charge on any atom is -0.344 e. The number of hydrogen-bond donors (Lipinski definition) is 1. The number of aromatic nitrogens is 4. The lowest BCUT2D eigenvalue weighted by Gasteiger charge is -2.08. The third kappa shape index (κ3) is 3.19. The monoisotopic (exact) mass is 279 g/mol. The number of carbonyl (C=O) groups is 1. The molecule has 1 N–H and O–H groups in total. The largest absolute Gasteiger partial charge is 0.344 e. The van der Waals surface area contributed by atoms with Gasteiger partial charge in [0.2, 0.25) is 11.8 Å². The van der Waals surface area contributed by atoms with E-state index in [0.717, 1.165) is 0 Å². The van der Waals surface area contributed by atoms with Crippen molar-refractivity contribution in [3.63, 3.8) is 0 Å². The summed E-state index contributed by atoms with van der Waals surface area (Å²) in [5.74, 6) is 0.981. The van der Waals surface area contributed by atoms with E-state index in [9.17, 15) is 4.79 Å². The second-order valence-electron chi connectivity index (χ2n) is 4.91. The van der Waals surface area contributed by atoms with E-state index in [1.807, 2.05) is 13.8 Å². The van der Waals surface area contributed by atoms with Gasteiger partial charge in [-0.2, -0.15) is 4.98 Å². The molecule has 8 nitrogen and oxygen atoms in total. The molecule has 2 heterocycles. The minimum absolute atomic E-state index is 0.102. The van der Waals surface area contributed by atoms with Crippen LogP contribution in [0.25, 0.3) is 0 Å². The average Bonchev–Trinajstić information content (AvgIpc) is 2.99. The van der Waals surface area contributed by atoms with Crippen LogP contribution in [0.3, 0.4) is 0 Å². The van der Waals surface area contributed by atoms with Crippen LogP contribution in [0.5, 0.6) is 0 Å². The van der Waals surface area contributed by atoms with E-state index in [0.29, 0.717) is 23.1 Å². The highest BCUT2D eigenvalue weighted by Gasteiger charge is 2.19. The fourth-order valence-corrected chi connectivity index (χ4v) is 1.57. The molecule has 0 aromatic carbocycles. The summed E-state index contributed by atoms with van der Waals surface area (Å²) in [6.45, 7) is 7.45. The second kappa shape index (κ2) is 5.81. The van der Waals surface area contributed by atoms with Crippen molar-refractivity contribution in [1.29, 1.82) is 0 Å². The number of rotatable bonds is 5. The van der Waals surface area contributed by atoms with Gasteiger partial charge >= 0.3 is 0 Å². The zero-order chi connectivity index (χ0) is 14.7. The first-order valence-electron chi connectivity index (χ1n) is 6.38. The summed E-state index contributed by atoms with van der Waals surface area (Å²) in [6.07, 6.45) is 0.102. The van der Waals surface area contributed by atoms with Crippen molar-refractivity contribution >= 4 is 5.91 Å². The van der Waals surface area contributed by atoms with Crippen molar-refractivity contribution in [2.24, 2.45) is 0 Å². The highest BCUT2D eigenvalue weighted by atomic mass is 16.6. The Kier molecular flexibility index (Phi) is 4.11. The highest BCUT2D eigenvalue weighted by Crippen LogP contribution is 2.15. The predicted octanol–water partition coefficient (Wildman–Crippen LogP) is 1.30. The lowest BCUT2D eigenvalue weighted by atomic mass is 10.2. The number of hydrogen-bond acceptors (Lipinski definition) is 7. The van der Waals surface area contributed by atoms with Crippen LogP contribution in [0, 0.1) is 6.92 Å². The van der Waals surface area contributed by atoms with Crippen molar-refractivity contribution in [1.82, 2.24) is 25.8 Å². The summed E-state index contributed by atoms with van der Waals surface area (Å²) in [4.78, 5) is 16.1. The van der Waals surface area contributed by atoms with Gasteiger partial charge in [0.05, 0.1) is 6.42 Å². The van der Waals surface area contributed by atoms with E-state index in [1.54, 1.807) is 13.8 Å². The third-order valence-corrected chi connectivity index (χ3v) is 2.80. The zero-order valence-electron chi connectivity index (χ0n) is 11.9. The van der Waals surface area contributed by atoms with Crippen LogP contribution in [-0.2, 0) is 11.2 Å². The molecule has 0 saturated heterocycles. The molecule has 2 rings (SSSR count). The smallest absolute Gasteiger partial charge is 0.248 e. The Morgan fingerprint density at radius 3 is 2.55 bits per heavy atom. The van der Waals surface area contributed by atoms with E-state index in [4.69, 9.17) is 4.52 Å². The molecule has 2 aromatic heterocycles. The molecular formula is C12H17N5O3. The van der Waals surface area contributed by atoms with Gasteiger partial charge in [-0.25, -0.2) is 4.63 Å². The maximum atomic E-state index is 11.9. The molecule has 1 unspecified atom stereocenters. The van der Waals surface area contributed by atoms with Gasteiger partial charge in [-0.15, -0.1) is 0 Å². The number of nitrogens with zero attached hydrogens (tertiary/aromatic N) is 4. The van der Waals surface area contributed by atoms with Crippen molar-refractivity contribution in [3.8, 4) is 0 Å². The SMILES string of the molecule is Cc1nonc1CC(=O)NC(C)c1nc(C(C)C)no1. The number of carbonyl (C=O) groups excluding carboxylic acids is 1. The molecule has 2 aromatic rings. The van der Waals surface area contributed by atoms with Gasteiger partial charge in [0.25, 0.3) is 0 Å². The molecule has 108 valence electrons. The Morgan fingerprint density at radius 2 is 2.00 bits per heavy atom. The van der Waals surface area contributed by atoms with E-state index < -0.39 is 0 Å². The molecule has 1 amide bonds. The number of nitrogens with one attached hydrogen (secondary N) is 1. The van der Waals surface area contributed by atoms with Gasteiger partial charge in [0, 0.05) is 5.92 Å². The van der Waals surface area contributed by atoms with Gasteiger partial charge in [-0.05, 0) is 13.8 Å². The summed E-state index contributed by atoms with van der Waals surface area (Å²) in [6, 6.07) is -0.359. The van der Waals surface area contributed by atoms with Crippen LogP contribution < -0.4 is 5.32 Å². The van der Waals surface area contributed by atoms with Crippen LogP contribution in [0.4, 0.5) is 0 Å². The Hall–Kier alpha value is -2.25. The van der Waals surface area contributed by atoms with E-state index >= 15 is 0 Å². The first kappa shape index (κ1) is 14.2. The van der Waals surface area contributed by atoms with Crippen molar-refractivity contribution in [2.75, 3.05) is 0 Å². The van der Waals surface area contributed by atoms with Gasteiger partial charge in [0.15, 0.2) is 5.82 Å². The zero-order valence-corrected chi connectivity index (χ0v) is 11.9. The molecule has 0 spiro atoms. The first-order valence-corrected chi connectivity index (χ1v) is 6.38. The maximum Gasteiger partial charge on any atom is 0.248 e. The molecular weight excluding hydrogens is 262 g/mol.